The molecule has 8 nitrogen and oxygen atoms in total. The maximum Gasteiger partial charge on any atom is 0.413 e. The minimum absolute atomic E-state index is 0.407. The zero-order valence-electron chi connectivity index (χ0n) is 20.7. The zero-order chi connectivity index (χ0) is 26.4. The summed E-state index contributed by atoms with van der Waals surface area (Å²) in [5.41, 5.74) is 2.65. The van der Waals surface area contributed by atoms with Crippen molar-refractivity contribution in [1.82, 2.24) is 15.0 Å². The van der Waals surface area contributed by atoms with Crippen molar-refractivity contribution in [2.75, 3.05) is 5.32 Å². The zero-order valence-corrected chi connectivity index (χ0v) is 22.3. The summed E-state index contributed by atoms with van der Waals surface area (Å²) in [6.45, 7) is 1.82. The topological polar surface area (TPSA) is 106 Å². The standard InChI is InChI=1S/C28H24N4O4S2/c1-16(17-6-4-3-5-7-17)36-27(35)29-25-24(30-31-32(25)2)19-10-8-18(9-11-19)20-14-21-22(37-20)15-23(38-21)28(12-13-28)26(33)34/h3-11,14-16H,12-13H2,1-2H3,(H,29,35)(H,33,34)/t16-/m1/s1. The summed E-state index contributed by atoms with van der Waals surface area (Å²) in [7, 11) is 1.71. The van der Waals surface area contributed by atoms with Crippen LogP contribution in [0, 0.1) is 0 Å². The predicted molar refractivity (Wildman–Crippen MR) is 149 cm³/mol. The lowest BCUT2D eigenvalue weighted by atomic mass is 10.1. The lowest BCUT2D eigenvalue weighted by molar-refractivity contribution is -0.139. The number of aromatic nitrogens is 3. The highest BCUT2D eigenvalue weighted by Gasteiger charge is 2.53. The van der Waals surface area contributed by atoms with E-state index in [1.165, 1.54) is 4.68 Å². The van der Waals surface area contributed by atoms with Gasteiger partial charge in [0, 0.05) is 31.8 Å². The van der Waals surface area contributed by atoms with Crippen molar-refractivity contribution >= 4 is 50.0 Å². The Bertz CT molecular complexity index is 1620. The minimum atomic E-state index is -0.723. The van der Waals surface area contributed by atoms with Gasteiger partial charge in [-0.3, -0.25) is 10.1 Å². The van der Waals surface area contributed by atoms with Gasteiger partial charge in [0.1, 0.15) is 17.2 Å². The van der Waals surface area contributed by atoms with Crippen LogP contribution in [0.3, 0.4) is 0 Å². The van der Waals surface area contributed by atoms with Crippen molar-refractivity contribution in [3.05, 3.63) is 77.2 Å². The molecule has 0 bridgehead atoms. The monoisotopic (exact) mass is 544 g/mol. The first-order valence-corrected chi connectivity index (χ1v) is 13.8. The normalized spacial score (nSPS) is 14.8. The smallest absolute Gasteiger partial charge is 0.413 e. The Morgan fingerprint density at radius 3 is 2.37 bits per heavy atom. The molecule has 192 valence electrons. The van der Waals surface area contributed by atoms with Gasteiger partial charge in [0.05, 0.1) is 0 Å². The molecule has 0 radical (unpaired) electrons. The number of amides is 1. The van der Waals surface area contributed by atoms with Gasteiger partial charge in [-0.15, -0.1) is 27.8 Å². The number of carbonyl (C=O) groups is 2. The number of hydrogen-bond acceptors (Lipinski definition) is 7. The summed E-state index contributed by atoms with van der Waals surface area (Å²) in [5, 5.41) is 20.7. The van der Waals surface area contributed by atoms with Gasteiger partial charge in [0.25, 0.3) is 0 Å². The van der Waals surface area contributed by atoms with Crippen molar-refractivity contribution in [2.45, 2.75) is 31.3 Å². The molecule has 1 aliphatic rings. The fraction of sp³-hybridized carbons (Fsp3) is 0.214. The van der Waals surface area contributed by atoms with Crippen LogP contribution in [0.2, 0.25) is 0 Å². The molecule has 0 unspecified atom stereocenters. The van der Waals surface area contributed by atoms with Gasteiger partial charge >= 0.3 is 12.1 Å². The fourth-order valence-electron chi connectivity index (χ4n) is 4.47. The van der Waals surface area contributed by atoms with Crippen molar-refractivity contribution < 1.29 is 19.4 Å². The number of benzene rings is 2. The average Bonchev–Trinajstić information content (AvgIpc) is 3.32. The van der Waals surface area contributed by atoms with E-state index >= 15 is 0 Å². The highest BCUT2D eigenvalue weighted by atomic mass is 32.1. The molecule has 1 amide bonds. The van der Waals surface area contributed by atoms with Gasteiger partial charge in [-0.2, -0.15) is 0 Å². The Morgan fingerprint density at radius 1 is 1.03 bits per heavy atom. The molecule has 1 fully saturated rings. The number of thiophene rings is 2. The van der Waals surface area contributed by atoms with Gasteiger partial charge in [-0.25, -0.2) is 9.48 Å². The number of carboxylic acid groups (broad SMARTS) is 1. The fourth-order valence-corrected chi connectivity index (χ4v) is 7.11. The molecule has 5 aromatic rings. The molecule has 0 aliphatic heterocycles. The number of rotatable bonds is 7. The Hall–Kier alpha value is -4.02. The van der Waals surface area contributed by atoms with Crippen molar-refractivity contribution in [2.24, 2.45) is 7.05 Å². The summed E-state index contributed by atoms with van der Waals surface area (Å²) >= 11 is 3.24. The SMILES string of the molecule is C[C@@H](OC(=O)Nc1c(-c2ccc(-c3cc4sc(C5(C(=O)O)CC5)cc4s3)cc2)nnn1C)c1ccccc1. The lowest BCUT2D eigenvalue weighted by Gasteiger charge is -2.14. The van der Waals surface area contributed by atoms with Gasteiger partial charge < -0.3 is 9.84 Å². The molecule has 3 heterocycles. The Labute approximate surface area is 226 Å². The van der Waals surface area contributed by atoms with Crippen LogP contribution in [0.1, 0.15) is 36.3 Å². The molecule has 2 N–H and O–H groups in total. The van der Waals surface area contributed by atoms with Crippen LogP contribution < -0.4 is 5.32 Å². The van der Waals surface area contributed by atoms with Crippen molar-refractivity contribution in [1.29, 1.82) is 0 Å². The Balaban J connectivity index is 1.19. The third-order valence-corrected chi connectivity index (χ3v) is 9.43. The summed E-state index contributed by atoms with van der Waals surface area (Å²) in [4.78, 5) is 26.4. The van der Waals surface area contributed by atoms with E-state index < -0.39 is 23.6 Å². The van der Waals surface area contributed by atoms with E-state index in [0.717, 1.165) is 35.8 Å². The second-order valence-electron chi connectivity index (χ2n) is 9.41. The van der Waals surface area contributed by atoms with Crippen LogP contribution in [0.15, 0.2) is 66.7 Å². The quantitative estimate of drug-likeness (QED) is 0.232. The van der Waals surface area contributed by atoms with Crippen LogP contribution in [0.25, 0.3) is 31.1 Å². The number of carboxylic acids is 1. The molecule has 1 aliphatic carbocycles. The molecular weight excluding hydrogens is 520 g/mol. The molecule has 38 heavy (non-hydrogen) atoms. The van der Waals surface area contributed by atoms with Gasteiger partial charge in [0.15, 0.2) is 5.82 Å². The van der Waals surface area contributed by atoms with E-state index in [-0.39, 0.29) is 0 Å². The molecule has 6 rings (SSSR count). The van der Waals surface area contributed by atoms with Crippen molar-refractivity contribution in [3.63, 3.8) is 0 Å². The molecule has 10 heteroatoms. The number of aryl methyl sites for hydroxylation is 1. The molecule has 1 atom stereocenters. The van der Waals surface area contributed by atoms with Crippen LogP contribution in [0.4, 0.5) is 10.6 Å². The largest absolute Gasteiger partial charge is 0.481 e. The molecule has 0 saturated heterocycles. The summed E-state index contributed by atoms with van der Waals surface area (Å²) in [5.74, 6) is -0.279. The Kier molecular flexibility index (Phi) is 6.00. The number of nitrogens with one attached hydrogen (secondary N) is 1. The molecule has 0 spiro atoms. The van der Waals surface area contributed by atoms with Crippen molar-refractivity contribution in [3.8, 4) is 21.7 Å². The molecular formula is C28H24N4O4S2. The number of nitrogens with zero attached hydrogens (tertiary/aromatic N) is 3. The molecule has 1 saturated carbocycles. The highest BCUT2D eigenvalue weighted by Crippen LogP contribution is 2.53. The number of ether oxygens (including phenoxy) is 1. The molecule has 3 aromatic heterocycles. The number of aliphatic carboxylic acids is 1. The van der Waals surface area contributed by atoms with Gasteiger partial charge in [-0.05, 0) is 43.0 Å². The second-order valence-corrected chi connectivity index (χ2v) is 11.6. The van der Waals surface area contributed by atoms with E-state index in [2.05, 4.69) is 21.7 Å². The first-order chi connectivity index (χ1) is 18.3. The van der Waals surface area contributed by atoms with Gasteiger partial charge in [-0.1, -0.05) is 59.8 Å². The van der Waals surface area contributed by atoms with Gasteiger partial charge in [0.2, 0.25) is 0 Å². The van der Waals surface area contributed by atoms with Crippen LogP contribution in [-0.2, 0) is 22.0 Å². The third kappa shape index (κ3) is 4.35. The third-order valence-electron chi connectivity index (χ3n) is 6.88. The second kappa shape index (κ2) is 9.38. The summed E-state index contributed by atoms with van der Waals surface area (Å²) in [6.07, 6.45) is 0.440. The first-order valence-electron chi connectivity index (χ1n) is 12.1. The lowest BCUT2D eigenvalue weighted by Crippen LogP contribution is -2.18. The first kappa shape index (κ1) is 24.3. The summed E-state index contributed by atoms with van der Waals surface area (Å²) < 4.78 is 9.28. The number of hydrogen-bond donors (Lipinski definition) is 2. The van der Waals surface area contributed by atoms with E-state index in [1.54, 1.807) is 29.7 Å². The summed E-state index contributed by atoms with van der Waals surface area (Å²) in [6, 6.07) is 21.6. The predicted octanol–water partition coefficient (Wildman–Crippen LogP) is 6.85. The minimum Gasteiger partial charge on any atom is -0.481 e. The Morgan fingerprint density at radius 2 is 1.71 bits per heavy atom. The maximum absolute atomic E-state index is 12.6. The molecule has 2 aromatic carbocycles. The van der Waals surface area contributed by atoms with E-state index in [1.807, 2.05) is 67.6 Å². The maximum atomic E-state index is 12.6. The number of carbonyl (C=O) groups excluding carboxylic acids is 1. The average molecular weight is 545 g/mol. The van der Waals surface area contributed by atoms with E-state index in [9.17, 15) is 14.7 Å². The van der Waals surface area contributed by atoms with Crippen LogP contribution in [0.5, 0.6) is 0 Å². The van der Waals surface area contributed by atoms with Crippen LogP contribution in [-0.4, -0.2) is 32.2 Å². The van der Waals surface area contributed by atoms with E-state index in [4.69, 9.17) is 4.74 Å². The highest BCUT2D eigenvalue weighted by molar-refractivity contribution is 7.29. The number of anilines is 1. The number of fused-ring (bicyclic) bond motifs is 1. The van der Waals surface area contributed by atoms with Crippen LogP contribution >= 0.6 is 22.7 Å². The van der Waals surface area contributed by atoms with E-state index in [0.29, 0.717) is 24.4 Å².